The number of aromatic nitrogens is 2. The van der Waals surface area contributed by atoms with Gasteiger partial charge in [0.25, 0.3) is 0 Å². The lowest BCUT2D eigenvalue weighted by Gasteiger charge is -2.30. The van der Waals surface area contributed by atoms with Crippen molar-refractivity contribution in [3.8, 4) is 11.5 Å². The minimum absolute atomic E-state index is 0.128. The Kier molecular flexibility index (Phi) is 5.15. The summed E-state index contributed by atoms with van der Waals surface area (Å²) in [6, 6.07) is 8.46. The van der Waals surface area contributed by atoms with Crippen molar-refractivity contribution in [2.75, 3.05) is 31.8 Å². The van der Waals surface area contributed by atoms with Crippen molar-refractivity contribution in [3.63, 3.8) is 0 Å². The van der Waals surface area contributed by atoms with Crippen molar-refractivity contribution in [1.29, 1.82) is 0 Å². The molecule has 1 aromatic heterocycles. The first-order valence-corrected chi connectivity index (χ1v) is 10.00. The predicted octanol–water partition coefficient (Wildman–Crippen LogP) is 4.03. The monoisotopic (exact) mass is 383 g/mol. The molecular formula is C22H29N3O3. The van der Waals surface area contributed by atoms with Gasteiger partial charge in [-0.05, 0) is 18.9 Å². The minimum Gasteiger partial charge on any atom is -0.486 e. The van der Waals surface area contributed by atoms with Gasteiger partial charge < -0.3 is 19.1 Å². The van der Waals surface area contributed by atoms with E-state index in [0.717, 1.165) is 48.2 Å². The summed E-state index contributed by atoms with van der Waals surface area (Å²) in [7, 11) is 1.70. The summed E-state index contributed by atoms with van der Waals surface area (Å²) in [5.74, 6) is 3.53. The first-order chi connectivity index (χ1) is 13.5. The fourth-order valence-electron chi connectivity index (χ4n) is 3.91. The minimum atomic E-state index is -0.128. The van der Waals surface area contributed by atoms with E-state index in [1.165, 1.54) is 5.56 Å². The lowest BCUT2D eigenvalue weighted by atomic mass is 9.95. The smallest absolute Gasteiger partial charge is 0.166 e. The van der Waals surface area contributed by atoms with E-state index in [0.29, 0.717) is 19.8 Å². The number of fused-ring (bicyclic) bond motifs is 1. The Morgan fingerprint density at radius 2 is 2.00 bits per heavy atom. The number of ether oxygens (including phenoxy) is 3. The van der Waals surface area contributed by atoms with Crippen LogP contribution < -0.4 is 14.4 Å². The molecule has 6 nitrogen and oxygen atoms in total. The molecule has 150 valence electrons. The van der Waals surface area contributed by atoms with Crippen LogP contribution in [0.3, 0.4) is 0 Å². The summed E-state index contributed by atoms with van der Waals surface area (Å²) in [4.78, 5) is 12.0. The fraction of sp³-hybridized carbons (Fsp3) is 0.545. The number of methoxy groups -OCH3 is 1. The van der Waals surface area contributed by atoms with Gasteiger partial charge in [-0.2, -0.15) is 0 Å². The third-order valence-electron chi connectivity index (χ3n) is 5.23. The lowest BCUT2D eigenvalue weighted by molar-refractivity contribution is 0.169. The highest BCUT2D eigenvalue weighted by Crippen LogP contribution is 2.44. The lowest BCUT2D eigenvalue weighted by Crippen LogP contribution is -2.27. The quantitative estimate of drug-likeness (QED) is 0.794. The Labute approximate surface area is 166 Å². The topological polar surface area (TPSA) is 56.7 Å². The molecule has 1 aromatic carbocycles. The third kappa shape index (κ3) is 3.65. The molecule has 0 saturated carbocycles. The van der Waals surface area contributed by atoms with Crippen LogP contribution in [0, 0.1) is 0 Å². The first-order valence-electron chi connectivity index (χ1n) is 10.00. The molecule has 2 aromatic rings. The average Bonchev–Trinajstić information content (AvgIpc) is 3.16. The second-order valence-electron chi connectivity index (χ2n) is 8.45. The van der Waals surface area contributed by atoms with Gasteiger partial charge in [0.2, 0.25) is 0 Å². The van der Waals surface area contributed by atoms with Gasteiger partial charge in [-0.25, -0.2) is 9.97 Å². The summed E-state index contributed by atoms with van der Waals surface area (Å²) < 4.78 is 17.1. The first kappa shape index (κ1) is 19.0. The molecule has 0 aliphatic carbocycles. The Morgan fingerprint density at radius 3 is 2.79 bits per heavy atom. The predicted molar refractivity (Wildman–Crippen MR) is 108 cm³/mol. The summed E-state index contributed by atoms with van der Waals surface area (Å²) in [6.45, 7) is 9.06. The van der Waals surface area contributed by atoms with E-state index in [2.05, 4.69) is 43.9 Å². The zero-order chi connectivity index (χ0) is 19.7. The van der Waals surface area contributed by atoms with Gasteiger partial charge in [0.15, 0.2) is 11.5 Å². The molecule has 0 radical (unpaired) electrons. The summed E-state index contributed by atoms with van der Waals surface area (Å²) >= 11 is 0. The number of para-hydroxylation sites is 1. The number of benzene rings is 1. The van der Waals surface area contributed by atoms with Crippen LogP contribution >= 0.6 is 0 Å². The van der Waals surface area contributed by atoms with Crippen molar-refractivity contribution in [2.45, 2.75) is 51.7 Å². The number of hydrogen-bond acceptors (Lipinski definition) is 6. The van der Waals surface area contributed by atoms with Gasteiger partial charge >= 0.3 is 0 Å². The molecule has 1 fully saturated rings. The third-order valence-corrected chi connectivity index (χ3v) is 5.23. The maximum absolute atomic E-state index is 5.99. The van der Waals surface area contributed by atoms with Gasteiger partial charge in [-0.1, -0.05) is 32.9 Å². The van der Waals surface area contributed by atoms with Crippen LogP contribution in [0.2, 0.25) is 0 Å². The molecule has 2 aliphatic rings. The molecule has 2 aliphatic heterocycles. The van der Waals surface area contributed by atoms with Crippen LogP contribution in [0.5, 0.6) is 11.5 Å². The molecule has 1 atom stereocenters. The van der Waals surface area contributed by atoms with Gasteiger partial charge in [-0.3, -0.25) is 0 Å². The molecular weight excluding hydrogens is 354 g/mol. The van der Waals surface area contributed by atoms with E-state index in [1.54, 1.807) is 7.11 Å². The maximum atomic E-state index is 5.99. The van der Waals surface area contributed by atoms with E-state index in [4.69, 9.17) is 24.2 Å². The molecule has 0 spiro atoms. The average molecular weight is 383 g/mol. The van der Waals surface area contributed by atoms with Crippen molar-refractivity contribution in [1.82, 2.24) is 9.97 Å². The Morgan fingerprint density at radius 1 is 1.18 bits per heavy atom. The normalized spacial score (nSPS) is 19.1. The van der Waals surface area contributed by atoms with E-state index in [-0.39, 0.29) is 11.5 Å². The highest BCUT2D eigenvalue weighted by atomic mass is 16.6. The zero-order valence-electron chi connectivity index (χ0n) is 17.2. The molecule has 28 heavy (non-hydrogen) atoms. The van der Waals surface area contributed by atoms with E-state index >= 15 is 0 Å². The zero-order valence-corrected chi connectivity index (χ0v) is 17.2. The SMILES string of the molecule is COCc1cc(N2CCCC2c2cccc3c2OCCO3)nc(C(C)(C)C)n1. The molecule has 6 heteroatoms. The van der Waals surface area contributed by atoms with Crippen LogP contribution in [0.1, 0.15) is 56.7 Å². The number of hydrogen-bond donors (Lipinski definition) is 0. The molecule has 0 bridgehead atoms. The highest BCUT2D eigenvalue weighted by molar-refractivity contribution is 5.54. The molecule has 0 amide bonds. The Balaban J connectivity index is 1.74. The molecule has 3 heterocycles. The maximum Gasteiger partial charge on any atom is 0.166 e. The Bertz CT molecular complexity index is 847. The molecule has 4 rings (SSSR count). The Hall–Kier alpha value is -2.34. The van der Waals surface area contributed by atoms with E-state index in [9.17, 15) is 0 Å². The van der Waals surface area contributed by atoms with Crippen molar-refractivity contribution in [3.05, 3.63) is 41.3 Å². The van der Waals surface area contributed by atoms with Gasteiger partial charge in [-0.15, -0.1) is 0 Å². The van der Waals surface area contributed by atoms with Crippen LogP contribution in [0.15, 0.2) is 24.3 Å². The van der Waals surface area contributed by atoms with Gasteiger partial charge in [0, 0.05) is 30.7 Å². The van der Waals surface area contributed by atoms with Crippen molar-refractivity contribution >= 4 is 5.82 Å². The van der Waals surface area contributed by atoms with Crippen molar-refractivity contribution < 1.29 is 14.2 Å². The van der Waals surface area contributed by atoms with Gasteiger partial charge in [0.05, 0.1) is 18.3 Å². The standard InChI is InChI=1S/C22H29N3O3/c1-22(2,3)21-23-15(14-26-4)13-19(24-21)25-10-6-8-17(25)16-7-5-9-18-20(16)28-12-11-27-18/h5,7,9,13,17H,6,8,10-12,14H2,1-4H3. The van der Waals surface area contributed by atoms with Crippen LogP contribution in [0.4, 0.5) is 5.82 Å². The number of rotatable bonds is 4. The van der Waals surface area contributed by atoms with E-state index < -0.39 is 0 Å². The number of nitrogens with zero attached hydrogens (tertiary/aromatic N) is 3. The second kappa shape index (κ2) is 7.59. The summed E-state index contributed by atoms with van der Waals surface area (Å²) in [5.41, 5.74) is 1.97. The van der Waals surface area contributed by atoms with Crippen LogP contribution in [0.25, 0.3) is 0 Å². The second-order valence-corrected chi connectivity index (χ2v) is 8.45. The largest absolute Gasteiger partial charge is 0.486 e. The fourth-order valence-corrected chi connectivity index (χ4v) is 3.91. The molecule has 0 N–H and O–H groups in total. The molecule has 1 saturated heterocycles. The summed E-state index contributed by atoms with van der Waals surface area (Å²) in [5, 5.41) is 0. The van der Waals surface area contributed by atoms with Gasteiger partial charge in [0.1, 0.15) is 24.9 Å². The number of anilines is 1. The van der Waals surface area contributed by atoms with Crippen LogP contribution in [-0.4, -0.2) is 36.8 Å². The highest BCUT2D eigenvalue weighted by Gasteiger charge is 2.32. The summed E-state index contributed by atoms with van der Waals surface area (Å²) in [6.07, 6.45) is 2.18. The van der Waals surface area contributed by atoms with E-state index in [1.807, 2.05) is 6.07 Å². The van der Waals surface area contributed by atoms with Crippen molar-refractivity contribution in [2.24, 2.45) is 0 Å². The van der Waals surface area contributed by atoms with Crippen LogP contribution in [-0.2, 0) is 16.8 Å². The molecule has 1 unspecified atom stereocenters.